The molecule has 0 aliphatic carbocycles. The van der Waals surface area contributed by atoms with Crippen molar-refractivity contribution in [3.8, 4) is 50.5 Å². The van der Waals surface area contributed by atoms with Gasteiger partial charge in [0, 0.05) is 10.9 Å². The Bertz CT molecular complexity index is 2550. The van der Waals surface area contributed by atoms with Gasteiger partial charge in [-0.25, -0.2) is 15.0 Å². The molecule has 0 saturated heterocycles. The summed E-state index contributed by atoms with van der Waals surface area (Å²) in [5.74, 6) is 0.810. The highest BCUT2D eigenvalue weighted by atomic mass is 15.1. The number of nitrogens with zero attached hydrogens (tertiary/aromatic N) is 4. The molecule has 9 rings (SSSR count). The van der Waals surface area contributed by atoms with E-state index < -0.39 is 0 Å². The zero-order chi connectivity index (χ0) is 31.2. The van der Waals surface area contributed by atoms with Crippen molar-refractivity contribution >= 4 is 33.1 Å². The summed E-state index contributed by atoms with van der Waals surface area (Å²) >= 11 is 0. The summed E-state index contributed by atoms with van der Waals surface area (Å²) in [5, 5.41) is 1.04. The number of para-hydroxylation sites is 2. The molecule has 220 valence electrons. The minimum absolute atomic E-state index is 0.793. The van der Waals surface area contributed by atoms with Gasteiger partial charge in [-0.05, 0) is 69.8 Å². The normalized spacial score (nSPS) is 11.4. The summed E-state index contributed by atoms with van der Waals surface area (Å²) in [4.78, 5) is 15.4. The molecule has 3 heterocycles. The Morgan fingerprint density at radius 1 is 0.383 bits per heavy atom. The van der Waals surface area contributed by atoms with Crippen molar-refractivity contribution in [2.45, 2.75) is 0 Å². The lowest BCUT2D eigenvalue weighted by atomic mass is 9.93. The Morgan fingerprint density at radius 3 is 1.68 bits per heavy atom. The van der Waals surface area contributed by atoms with Crippen LogP contribution in [-0.4, -0.2) is 19.5 Å². The number of pyridine rings is 1. The molecule has 0 bridgehead atoms. The lowest BCUT2D eigenvalue weighted by Gasteiger charge is -2.11. The fourth-order valence-electron chi connectivity index (χ4n) is 6.54. The molecule has 0 saturated carbocycles. The van der Waals surface area contributed by atoms with Gasteiger partial charge < -0.3 is 0 Å². The van der Waals surface area contributed by atoms with Gasteiger partial charge in [0.15, 0.2) is 5.65 Å². The first kappa shape index (κ1) is 27.0. The molecule has 0 aliphatic heterocycles. The minimum Gasteiger partial charge on any atom is -0.276 e. The predicted molar refractivity (Wildman–Crippen MR) is 193 cm³/mol. The molecule has 3 aromatic heterocycles. The van der Waals surface area contributed by atoms with Crippen molar-refractivity contribution in [2.24, 2.45) is 0 Å². The summed E-state index contributed by atoms with van der Waals surface area (Å²) in [7, 11) is 0. The van der Waals surface area contributed by atoms with Crippen molar-refractivity contribution in [3.63, 3.8) is 0 Å². The molecular formula is C43H28N4. The van der Waals surface area contributed by atoms with E-state index in [2.05, 4.69) is 120 Å². The quantitative estimate of drug-likeness (QED) is 0.197. The molecule has 0 atom stereocenters. The number of hydrogen-bond donors (Lipinski definition) is 0. The average molecular weight is 601 g/mol. The molecule has 6 aromatic carbocycles. The minimum atomic E-state index is 0.793. The van der Waals surface area contributed by atoms with Gasteiger partial charge in [-0.1, -0.05) is 133 Å². The van der Waals surface area contributed by atoms with E-state index in [4.69, 9.17) is 15.0 Å². The Balaban J connectivity index is 1.18. The van der Waals surface area contributed by atoms with E-state index >= 15 is 0 Å². The van der Waals surface area contributed by atoms with E-state index in [0.29, 0.717) is 0 Å². The first-order valence-electron chi connectivity index (χ1n) is 15.8. The molecule has 9 aromatic rings. The summed E-state index contributed by atoms with van der Waals surface area (Å²) in [6, 6.07) is 59.1. The average Bonchev–Trinajstić information content (AvgIpc) is 3.47. The summed E-state index contributed by atoms with van der Waals surface area (Å²) in [6.45, 7) is 0. The number of hydrogen-bond acceptors (Lipinski definition) is 3. The van der Waals surface area contributed by atoms with Crippen LogP contribution in [-0.2, 0) is 0 Å². The molecular weight excluding hydrogens is 573 g/mol. The number of benzene rings is 6. The van der Waals surface area contributed by atoms with E-state index in [1.54, 1.807) is 0 Å². The van der Waals surface area contributed by atoms with Gasteiger partial charge in [-0.15, -0.1) is 0 Å². The SMILES string of the molecule is c1ccc(-c2cccc(-n3c4ccc(-c5ccc(-c6ccccc6-c6ccccc6)cc5)cc4c4nc5ccccc5nc43)n2)cc1. The number of rotatable bonds is 5. The van der Waals surface area contributed by atoms with Crippen LogP contribution in [0.4, 0.5) is 0 Å². The van der Waals surface area contributed by atoms with Crippen LogP contribution in [0.15, 0.2) is 170 Å². The highest BCUT2D eigenvalue weighted by molar-refractivity contribution is 6.09. The van der Waals surface area contributed by atoms with Crippen LogP contribution in [0.3, 0.4) is 0 Å². The van der Waals surface area contributed by atoms with Crippen molar-refractivity contribution in [3.05, 3.63) is 170 Å². The second kappa shape index (κ2) is 11.2. The third-order valence-electron chi connectivity index (χ3n) is 8.83. The topological polar surface area (TPSA) is 43.6 Å². The van der Waals surface area contributed by atoms with Crippen LogP contribution >= 0.6 is 0 Å². The monoisotopic (exact) mass is 600 g/mol. The lowest BCUT2D eigenvalue weighted by molar-refractivity contribution is 1.06. The second-order valence-corrected chi connectivity index (χ2v) is 11.7. The smallest absolute Gasteiger partial charge is 0.166 e. The molecule has 0 N–H and O–H groups in total. The van der Waals surface area contributed by atoms with E-state index in [1.807, 2.05) is 54.6 Å². The fourth-order valence-corrected chi connectivity index (χ4v) is 6.54. The van der Waals surface area contributed by atoms with Gasteiger partial charge in [-0.2, -0.15) is 0 Å². The van der Waals surface area contributed by atoms with Crippen molar-refractivity contribution in [2.75, 3.05) is 0 Å². The molecule has 0 spiro atoms. The molecule has 0 amide bonds. The summed E-state index contributed by atoms with van der Waals surface area (Å²) < 4.78 is 2.14. The van der Waals surface area contributed by atoms with Gasteiger partial charge in [-0.3, -0.25) is 4.57 Å². The maximum absolute atomic E-state index is 5.15. The van der Waals surface area contributed by atoms with Gasteiger partial charge in [0.25, 0.3) is 0 Å². The zero-order valence-corrected chi connectivity index (χ0v) is 25.5. The Kier molecular flexibility index (Phi) is 6.43. The van der Waals surface area contributed by atoms with Crippen LogP contribution < -0.4 is 0 Å². The van der Waals surface area contributed by atoms with Crippen LogP contribution in [0.2, 0.25) is 0 Å². The van der Waals surface area contributed by atoms with Crippen LogP contribution in [0.5, 0.6) is 0 Å². The fraction of sp³-hybridized carbons (Fsp3) is 0. The van der Waals surface area contributed by atoms with Crippen LogP contribution in [0.1, 0.15) is 0 Å². The molecule has 0 unspecified atom stereocenters. The van der Waals surface area contributed by atoms with Gasteiger partial charge in [0.05, 0.1) is 22.2 Å². The Hall–Kier alpha value is -6.39. The Labute approximate surface area is 272 Å². The first-order valence-corrected chi connectivity index (χ1v) is 15.8. The molecule has 4 heteroatoms. The predicted octanol–water partition coefficient (Wildman–Crippen LogP) is 10.8. The van der Waals surface area contributed by atoms with E-state index in [1.165, 1.54) is 22.3 Å². The van der Waals surface area contributed by atoms with Gasteiger partial charge in [0.1, 0.15) is 11.3 Å². The van der Waals surface area contributed by atoms with Gasteiger partial charge >= 0.3 is 0 Å². The van der Waals surface area contributed by atoms with Crippen molar-refractivity contribution in [1.82, 2.24) is 19.5 Å². The molecule has 0 radical (unpaired) electrons. The molecule has 0 fully saturated rings. The maximum atomic E-state index is 5.15. The highest BCUT2D eigenvalue weighted by Gasteiger charge is 2.18. The molecule has 4 nitrogen and oxygen atoms in total. The third kappa shape index (κ3) is 4.75. The van der Waals surface area contributed by atoms with Crippen molar-refractivity contribution < 1.29 is 0 Å². The maximum Gasteiger partial charge on any atom is 0.166 e. The van der Waals surface area contributed by atoms with Crippen molar-refractivity contribution in [1.29, 1.82) is 0 Å². The van der Waals surface area contributed by atoms with E-state index in [-0.39, 0.29) is 0 Å². The first-order chi connectivity index (χ1) is 23.3. The van der Waals surface area contributed by atoms with Gasteiger partial charge in [0.2, 0.25) is 0 Å². The largest absolute Gasteiger partial charge is 0.276 e. The number of aromatic nitrogens is 4. The van der Waals surface area contributed by atoms with E-state index in [0.717, 1.165) is 61.3 Å². The Morgan fingerprint density at radius 2 is 0.957 bits per heavy atom. The molecule has 0 aliphatic rings. The summed E-state index contributed by atoms with van der Waals surface area (Å²) in [5.41, 5.74) is 13.5. The standard InChI is InChI=1S/C43H28N4/c1-3-12-30(13-4-1)34-16-7-8-17-35(34)31-24-22-29(23-25-31)33-26-27-40-36(28-33)42-43(46-39-19-10-9-18-38(39)45-42)47(40)41-21-11-20-37(44-41)32-14-5-2-6-15-32/h1-28H. The highest BCUT2D eigenvalue weighted by Crippen LogP contribution is 2.36. The lowest BCUT2D eigenvalue weighted by Crippen LogP contribution is -2.00. The van der Waals surface area contributed by atoms with Crippen LogP contribution in [0.25, 0.3) is 83.6 Å². The second-order valence-electron chi connectivity index (χ2n) is 11.7. The van der Waals surface area contributed by atoms with E-state index in [9.17, 15) is 0 Å². The van der Waals surface area contributed by atoms with Crippen LogP contribution in [0, 0.1) is 0 Å². The summed E-state index contributed by atoms with van der Waals surface area (Å²) in [6.07, 6.45) is 0. The third-order valence-corrected chi connectivity index (χ3v) is 8.83. The molecule has 47 heavy (non-hydrogen) atoms. The zero-order valence-electron chi connectivity index (χ0n) is 25.5. The number of fused-ring (bicyclic) bond motifs is 4.